The first-order valence-corrected chi connectivity index (χ1v) is 5.90. The third-order valence-electron chi connectivity index (χ3n) is 4.99. The first kappa shape index (κ1) is 9.35. The molecule has 15 heavy (non-hydrogen) atoms. The smallest absolute Gasteiger partial charge is 0.211 e. The molecule has 0 spiro atoms. The van der Waals surface area contributed by atoms with Gasteiger partial charge in [0.05, 0.1) is 5.54 Å². The van der Waals surface area contributed by atoms with E-state index in [1.54, 1.807) is 6.08 Å². The van der Waals surface area contributed by atoms with Crippen LogP contribution >= 0.6 is 0 Å². The van der Waals surface area contributed by atoms with Crippen LogP contribution in [0.1, 0.15) is 39.5 Å². The number of hydrogen-bond donors (Lipinski definition) is 0. The summed E-state index contributed by atoms with van der Waals surface area (Å²) in [5.74, 6) is 1.54. The van der Waals surface area contributed by atoms with Gasteiger partial charge < -0.3 is 0 Å². The minimum absolute atomic E-state index is 0.102. The van der Waals surface area contributed by atoms with Crippen molar-refractivity contribution in [2.45, 2.75) is 45.1 Å². The SMILES string of the molecule is CC1(C)C2CC=C(C3(N=C=O)CC3)C1C2. The van der Waals surface area contributed by atoms with Gasteiger partial charge in [-0.1, -0.05) is 19.9 Å². The molecule has 2 atom stereocenters. The normalized spacial score (nSPS) is 38.4. The summed E-state index contributed by atoms with van der Waals surface area (Å²) in [4.78, 5) is 14.5. The topological polar surface area (TPSA) is 29.4 Å². The van der Waals surface area contributed by atoms with E-state index >= 15 is 0 Å². The summed E-state index contributed by atoms with van der Waals surface area (Å²) >= 11 is 0. The summed E-state index contributed by atoms with van der Waals surface area (Å²) in [5, 5.41) is 0. The van der Waals surface area contributed by atoms with Gasteiger partial charge in [-0.05, 0) is 48.5 Å². The van der Waals surface area contributed by atoms with Crippen LogP contribution in [-0.2, 0) is 4.79 Å². The maximum absolute atomic E-state index is 10.5. The highest BCUT2D eigenvalue weighted by Crippen LogP contribution is 2.65. The minimum atomic E-state index is -0.102. The van der Waals surface area contributed by atoms with E-state index in [9.17, 15) is 4.79 Å². The fourth-order valence-electron chi connectivity index (χ4n) is 3.54. The summed E-state index contributed by atoms with van der Waals surface area (Å²) < 4.78 is 0. The second-order valence-corrected chi connectivity index (χ2v) is 5.94. The highest BCUT2D eigenvalue weighted by Gasteiger charge is 2.59. The van der Waals surface area contributed by atoms with Gasteiger partial charge in [0.15, 0.2) is 0 Å². The van der Waals surface area contributed by atoms with Gasteiger partial charge in [0.1, 0.15) is 0 Å². The van der Waals surface area contributed by atoms with Crippen molar-refractivity contribution in [1.29, 1.82) is 0 Å². The number of nitrogens with zero attached hydrogens (tertiary/aromatic N) is 1. The second-order valence-electron chi connectivity index (χ2n) is 5.94. The summed E-state index contributed by atoms with van der Waals surface area (Å²) in [5.41, 5.74) is 1.80. The van der Waals surface area contributed by atoms with Crippen LogP contribution in [-0.4, -0.2) is 11.6 Å². The van der Waals surface area contributed by atoms with Crippen molar-refractivity contribution in [3.63, 3.8) is 0 Å². The molecule has 2 bridgehead atoms. The Hall–Kier alpha value is -0.880. The van der Waals surface area contributed by atoms with E-state index in [0.29, 0.717) is 11.3 Å². The van der Waals surface area contributed by atoms with Crippen LogP contribution in [0.15, 0.2) is 16.6 Å². The number of fused-ring (bicyclic) bond motifs is 1. The zero-order valence-electron chi connectivity index (χ0n) is 9.42. The zero-order chi connectivity index (χ0) is 10.7. The quantitative estimate of drug-likeness (QED) is 0.385. The van der Waals surface area contributed by atoms with Crippen molar-refractivity contribution in [3.05, 3.63) is 11.6 Å². The van der Waals surface area contributed by atoms with Crippen LogP contribution in [0, 0.1) is 17.3 Å². The molecule has 0 aromatic rings. The van der Waals surface area contributed by atoms with Crippen molar-refractivity contribution < 1.29 is 4.79 Å². The Kier molecular flexibility index (Phi) is 1.63. The van der Waals surface area contributed by atoms with Crippen molar-refractivity contribution >= 4 is 6.08 Å². The molecule has 0 amide bonds. The number of rotatable bonds is 2. The van der Waals surface area contributed by atoms with Gasteiger partial charge in [0.25, 0.3) is 0 Å². The van der Waals surface area contributed by atoms with Crippen molar-refractivity contribution in [1.82, 2.24) is 0 Å². The standard InChI is InChI=1S/C13H17NO/c1-12(2)9-3-4-10(11(12)7-9)13(5-6-13)14-8-15/h4,9,11H,3,5-7H2,1-2H3. The van der Waals surface area contributed by atoms with Crippen LogP contribution in [0.2, 0.25) is 0 Å². The van der Waals surface area contributed by atoms with Crippen LogP contribution < -0.4 is 0 Å². The number of allylic oxidation sites excluding steroid dienone is 1. The van der Waals surface area contributed by atoms with Gasteiger partial charge in [-0.25, -0.2) is 4.79 Å². The van der Waals surface area contributed by atoms with E-state index in [1.165, 1.54) is 18.4 Å². The Bertz CT molecular complexity index is 383. The highest BCUT2D eigenvalue weighted by atomic mass is 16.1. The predicted octanol–water partition coefficient (Wildman–Crippen LogP) is 2.85. The van der Waals surface area contributed by atoms with E-state index in [0.717, 1.165) is 18.8 Å². The summed E-state index contributed by atoms with van der Waals surface area (Å²) in [7, 11) is 0. The third-order valence-corrected chi connectivity index (χ3v) is 4.99. The first-order chi connectivity index (χ1) is 7.10. The number of carbonyl (C=O) groups excluding carboxylic acids is 1. The molecular formula is C13H17NO. The lowest BCUT2D eigenvalue weighted by molar-refractivity contribution is -0.0106. The summed E-state index contributed by atoms with van der Waals surface area (Å²) in [6.45, 7) is 4.72. The van der Waals surface area contributed by atoms with Crippen LogP contribution in [0.4, 0.5) is 0 Å². The lowest BCUT2D eigenvalue weighted by Crippen LogP contribution is -2.50. The monoisotopic (exact) mass is 203 g/mol. The van der Waals surface area contributed by atoms with E-state index in [-0.39, 0.29) is 5.54 Å². The van der Waals surface area contributed by atoms with Crippen molar-refractivity contribution in [3.8, 4) is 0 Å². The largest absolute Gasteiger partial charge is 0.235 e. The Labute approximate surface area is 90.5 Å². The molecule has 4 rings (SSSR count). The van der Waals surface area contributed by atoms with Crippen LogP contribution in [0.3, 0.4) is 0 Å². The second kappa shape index (κ2) is 2.62. The molecule has 0 aromatic heterocycles. The molecule has 4 aliphatic carbocycles. The van der Waals surface area contributed by atoms with E-state index < -0.39 is 0 Å². The van der Waals surface area contributed by atoms with Crippen LogP contribution in [0.5, 0.6) is 0 Å². The van der Waals surface area contributed by atoms with Gasteiger partial charge in [-0.3, -0.25) is 0 Å². The zero-order valence-corrected chi connectivity index (χ0v) is 9.42. The van der Waals surface area contributed by atoms with Crippen LogP contribution in [0.25, 0.3) is 0 Å². The molecule has 0 aromatic carbocycles. The molecule has 2 saturated carbocycles. The molecular weight excluding hydrogens is 186 g/mol. The summed E-state index contributed by atoms with van der Waals surface area (Å²) in [6.07, 6.45) is 8.75. The molecule has 2 nitrogen and oxygen atoms in total. The highest BCUT2D eigenvalue weighted by molar-refractivity contribution is 5.45. The average molecular weight is 203 g/mol. The maximum Gasteiger partial charge on any atom is 0.235 e. The lowest BCUT2D eigenvalue weighted by atomic mass is 9.48. The molecule has 2 heteroatoms. The third kappa shape index (κ3) is 1.06. The Morgan fingerprint density at radius 2 is 2.20 bits per heavy atom. The first-order valence-electron chi connectivity index (χ1n) is 5.90. The van der Waals surface area contributed by atoms with E-state index in [4.69, 9.17) is 0 Å². The van der Waals surface area contributed by atoms with Gasteiger partial charge in [0, 0.05) is 0 Å². The molecule has 2 fully saturated rings. The molecule has 0 N–H and O–H groups in total. The fourth-order valence-corrected chi connectivity index (χ4v) is 3.54. The van der Waals surface area contributed by atoms with Gasteiger partial charge in [-0.15, -0.1) is 0 Å². The van der Waals surface area contributed by atoms with E-state index in [1.807, 2.05) is 0 Å². The minimum Gasteiger partial charge on any atom is -0.211 e. The Morgan fingerprint density at radius 3 is 2.67 bits per heavy atom. The maximum atomic E-state index is 10.5. The number of isocyanates is 1. The Morgan fingerprint density at radius 1 is 1.47 bits per heavy atom. The molecule has 0 saturated heterocycles. The van der Waals surface area contributed by atoms with Gasteiger partial charge in [0.2, 0.25) is 6.08 Å². The molecule has 0 aliphatic heterocycles. The predicted molar refractivity (Wildman–Crippen MR) is 58.2 cm³/mol. The molecule has 0 radical (unpaired) electrons. The van der Waals surface area contributed by atoms with Gasteiger partial charge in [-0.2, -0.15) is 4.99 Å². The lowest BCUT2D eigenvalue weighted by Gasteiger charge is -2.57. The average Bonchev–Trinajstić information content (AvgIpc) is 2.99. The van der Waals surface area contributed by atoms with Crippen molar-refractivity contribution in [2.24, 2.45) is 22.2 Å². The van der Waals surface area contributed by atoms with Crippen molar-refractivity contribution in [2.75, 3.05) is 0 Å². The van der Waals surface area contributed by atoms with Gasteiger partial charge >= 0.3 is 0 Å². The number of aliphatic imine (C=N–C) groups is 1. The Balaban J connectivity index is 1.95. The fraction of sp³-hybridized carbons (Fsp3) is 0.769. The number of hydrogen-bond acceptors (Lipinski definition) is 2. The molecule has 4 aliphatic rings. The summed E-state index contributed by atoms with van der Waals surface area (Å²) in [6, 6.07) is 0. The molecule has 2 unspecified atom stereocenters. The molecule has 0 heterocycles. The van der Waals surface area contributed by atoms with E-state index in [2.05, 4.69) is 24.9 Å². The molecule has 80 valence electrons.